The molecule has 2 aromatic rings. The zero-order chi connectivity index (χ0) is 15.0. The van der Waals surface area contributed by atoms with Crippen LogP contribution in [0.25, 0.3) is 0 Å². The Morgan fingerprint density at radius 1 is 1.00 bits per heavy atom. The third-order valence-electron chi connectivity index (χ3n) is 4.10. The van der Waals surface area contributed by atoms with Gasteiger partial charge in [0.1, 0.15) is 5.75 Å². The fourth-order valence-corrected chi connectivity index (χ4v) is 2.91. The zero-order valence-electron chi connectivity index (χ0n) is 13.3. The van der Waals surface area contributed by atoms with Crippen LogP contribution in [-0.4, -0.2) is 16.0 Å². The Hall–Kier alpha value is -1.65. The van der Waals surface area contributed by atoms with Crippen LogP contribution in [0.2, 0.25) is 0 Å². The van der Waals surface area contributed by atoms with Gasteiger partial charge in [-0.2, -0.15) is 0 Å². The molecule has 1 saturated carbocycles. The molecule has 1 fully saturated rings. The Morgan fingerprint density at radius 2 is 1.74 bits per heavy atom. The minimum atomic E-state index is 0. The number of aromatic nitrogens is 2. The molecule has 1 heterocycles. The first kappa shape index (κ1) is 17.7. The van der Waals surface area contributed by atoms with Crippen LogP contribution in [0.1, 0.15) is 44.1 Å². The molecule has 1 aliphatic rings. The number of hydrogen-bond acceptors (Lipinski definition) is 4. The predicted molar refractivity (Wildman–Crippen MR) is 94.1 cm³/mol. The second-order valence-corrected chi connectivity index (χ2v) is 5.85. The Labute approximate surface area is 144 Å². The van der Waals surface area contributed by atoms with Gasteiger partial charge in [-0.25, -0.2) is 9.97 Å². The quantitative estimate of drug-likeness (QED) is 0.818. The van der Waals surface area contributed by atoms with Gasteiger partial charge < -0.3 is 10.1 Å². The van der Waals surface area contributed by atoms with Crippen molar-refractivity contribution in [3.63, 3.8) is 0 Å². The third kappa shape index (κ3) is 5.81. The number of halogens is 1. The highest BCUT2D eigenvalue weighted by Gasteiger charge is 2.11. The number of nitrogens with zero attached hydrogens (tertiary/aromatic N) is 2. The van der Waals surface area contributed by atoms with E-state index in [2.05, 4.69) is 27.4 Å². The lowest BCUT2D eigenvalue weighted by molar-refractivity contribution is 0.438. The first-order valence-corrected chi connectivity index (χ1v) is 8.17. The van der Waals surface area contributed by atoms with Crippen molar-refractivity contribution >= 4 is 12.4 Å². The molecule has 124 valence electrons. The summed E-state index contributed by atoms with van der Waals surface area (Å²) in [4.78, 5) is 8.17. The molecule has 0 amide bonds. The summed E-state index contributed by atoms with van der Waals surface area (Å²) in [7, 11) is 0. The molecule has 5 heteroatoms. The van der Waals surface area contributed by atoms with E-state index in [1.54, 1.807) is 18.5 Å². The summed E-state index contributed by atoms with van der Waals surface area (Å²) in [5.41, 5.74) is 1.23. The Bertz CT molecular complexity index is 571. The van der Waals surface area contributed by atoms with Crippen molar-refractivity contribution in [3.05, 3.63) is 48.3 Å². The van der Waals surface area contributed by atoms with Crippen LogP contribution in [-0.2, 0) is 6.54 Å². The van der Waals surface area contributed by atoms with E-state index < -0.39 is 0 Å². The average molecular weight is 334 g/mol. The number of benzene rings is 1. The lowest BCUT2D eigenvalue weighted by Crippen LogP contribution is -2.27. The van der Waals surface area contributed by atoms with Crippen LogP contribution < -0.4 is 10.1 Å². The monoisotopic (exact) mass is 333 g/mol. The maximum absolute atomic E-state index is 5.68. The van der Waals surface area contributed by atoms with Crippen LogP contribution in [0.3, 0.4) is 0 Å². The van der Waals surface area contributed by atoms with Crippen molar-refractivity contribution < 1.29 is 4.74 Å². The van der Waals surface area contributed by atoms with Crippen LogP contribution in [0.15, 0.2) is 42.7 Å². The van der Waals surface area contributed by atoms with Crippen LogP contribution in [0.5, 0.6) is 11.8 Å². The largest absolute Gasteiger partial charge is 0.424 e. The summed E-state index contributed by atoms with van der Waals surface area (Å²) < 4.78 is 5.68. The maximum Gasteiger partial charge on any atom is 0.321 e. The van der Waals surface area contributed by atoms with Gasteiger partial charge >= 0.3 is 6.01 Å². The standard InChI is InChI=1S/C18H23N3O.ClH/c1-2-4-9-16(8-3-1)21-14-15-7-5-10-17(13-15)22-18-19-11-6-12-20-18;/h5-7,10-13,16,21H,1-4,8-9,14H2;1H. The van der Waals surface area contributed by atoms with E-state index in [1.807, 2.05) is 12.1 Å². The van der Waals surface area contributed by atoms with E-state index in [1.165, 1.54) is 44.1 Å². The second kappa shape index (κ2) is 9.48. The minimum Gasteiger partial charge on any atom is -0.424 e. The summed E-state index contributed by atoms with van der Waals surface area (Å²) in [5.74, 6) is 0.784. The van der Waals surface area contributed by atoms with Crippen molar-refractivity contribution in [2.75, 3.05) is 0 Å². The van der Waals surface area contributed by atoms with E-state index >= 15 is 0 Å². The lowest BCUT2D eigenvalue weighted by atomic mass is 10.1. The topological polar surface area (TPSA) is 47.0 Å². The molecule has 0 aliphatic heterocycles. The van der Waals surface area contributed by atoms with Gasteiger partial charge in [-0.15, -0.1) is 12.4 Å². The Kier molecular flexibility index (Phi) is 7.30. The van der Waals surface area contributed by atoms with Crippen molar-refractivity contribution in [3.8, 4) is 11.8 Å². The van der Waals surface area contributed by atoms with Crippen LogP contribution in [0.4, 0.5) is 0 Å². The second-order valence-electron chi connectivity index (χ2n) is 5.85. The van der Waals surface area contributed by atoms with Gasteiger partial charge in [-0.3, -0.25) is 0 Å². The summed E-state index contributed by atoms with van der Waals surface area (Å²) >= 11 is 0. The minimum absolute atomic E-state index is 0. The maximum atomic E-state index is 5.68. The molecule has 23 heavy (non-hydrogen) atoms. The zero-order valence-corrected chi connectivity index (χ0v) is 14.1. The summed E-state index contributed by atoms with van der Waals surface area (Å²) in [5, 5.41) is 3.68. The molecule has 1 aliphatic carbocycles. The summed E-state index contributed by atoms with van der Waals surface area (Å²) in [6.07, 6.45) is 11.4. The van der Waals surface area contributed by atoms with Crippen molar-refractivity contribution in [2.24, 2.45) is 0 Å². The highest BCUT2D eigenvalue weighted by Crippen LogP contribution is 2.20. The normalized spacial score (nSPS) is 15.5. The lowest BCUT2D eigenvalue weighted by Gasteiger charge is -2.16. The van der Waals surface area contributed by atoms with Crippen molar-refractivity contribution in [1.82, 2.24) is 15.3 Å². The molecule has 1 aromatic heterocycles. The fraction of sp³-hybridized carbons (Fsp3) is 0.444. The van der Waals surface area contributed by atoms with Crippen molar-refractivity contribution in [2.45, 2.75) is 51.1 Å². The molecule has 3 rings (SSSR count). The molecule has 0 bridgehead atoms. The molecule has 0 saturated heterocycles. The van der Waals surface area contributed by atoms with Gasteiger partial charge in [0, 0.05) is 25.0 Å². The smallest absolute Gasteiger partial charge is 0.321 e. The molecule has 0 atom stereocenters. The Morgan fingerprint density at radius 3 is 2.48 bits per heavy atom. The van der Waals surface area contributed by atoms with Gasteiger partial charge in [0.25, 0.3) is 0 Å². The van der Waals surface area contributed by atoms with E-state index in [4.69, 9.17) is 4.74 Å². The fourth-order valence-electron chi connectivity index (χ4n) is 2.91. The molecule has 1 aromatic carbocycles. The van der Waals surface area contributed by atoms with Crippen LogP contribution >= 0.6 is 12.4 Å². The number of ether oxygens (including phenoxy) is 1. The van der Waals surface area contributed by atoms with E-state index in [9.17, 15) is 0 Å². The van der Waals surface area contributed by atoms with Gasteiger partial charge in [0.2, 0.25) is 0 Å². The van der Waals surface area contributed by atoms with Gasteiger partial charge in [0.15, 0.2) is 0 Å². The highest BCUT2D eigenvalue weighted by atomic mass is 35.5. The van der Waals surface area contributed by atoms with Crippen LogP contribution in [0, 0.1) is 0 Å². The van der Waals surface area contributed by atoms with Gasteiger partial charge in [-0.05, 0) is 36.6 Å². The summed E-state index contributed by atoms with van der Waals surface area (Å²) in [6, 6.07) is 11.0. The van der Waals surface area contributed by atoms with Gasteiger partial charge in [0.05, 0.1) is 0 Å². The van der Waals surface area contributed by atoms with E-state index in [-0.39, 0.29) is 12.4 Å². The molecular formula is C18H24ClN3O. The average Bonchev–Trinajstić information content (AvgIpc) is 2.83. The van der Waals surface area contributed by atoms with E-state index in [0.717, 1.165) is 12.3 Å². The number of rotatable bonds is 5. The molecule has 0 unspecified atom stereocenters. The predicted octanol–water partition coefficient (Wildman–Crippen LogP) is 4.50. The molecule has 1 N–H and O–H groups in total. The van der Waals surface area contributed by atoms with Crippen molar-refractivity contribution in [1.29, 1.82) is 0 Å². The Balaban J connectivity index is 0.00000192. The molecule has 0 radical (unpaired) electrons. The first-order valence-electron chi connectivity index (χ1n) is 8.17. The molecular weight excluding hydrogens is 310 g/mol. The first-order chi connectivity index (χ1) is 10.9. The number of hydrogen-bond donors (Lipinski definition) is 1. The SMILES string of the molecule is Cl.c1cnc(Oc2cccc(CNC3CCCCCC3)c2)nc1. The highest BCUT2D eigenvalue weighted by molar-refractivity contribution is 5.85. The number of nitrogens with one attached hydrogen (secondary N) is 1. The van der Waals surface area contributed by atoms with Gasteiger partial charge in [-0.1, -0.05) is 37.8 Å². The molecule has 0 spiro atoms. The third-order valence-corrected chi connectivity index (χ3v) is 4.10. The molecule has 4 nitrogen and oxygen atoms in total. The van der Waals surface area contributed by atoms with E-state index in [0.29, 0.717) is 12.1 Å². The summed E-state index contributed by atoms with van der Waals surface area (Å²) in [6.45, 7) is 0.886.